The van der Waals surface area contributed by atoms with Gasteiger partial charge in [0, 0.05) is 16.5 Å². The summed E-state index contributed by atoms with van der Waals surface area (Å²) in [5.41, 5.74) is 1.34. The number of hydrogen-bond donors (Lipinski definition) is 0. The number of benzene rings is 2. The largest absolute Gasteiger partial charge is 0.288 e. The maximum atomic E-state index is 13.3. The van der Waals surface area contributed by atoms with Gasteiger partial charge in [0.1, 0.15) is 16.0 Å². The highest BCUT2D eigenvalue weighted by molar-refractivity contribution is 7.24. The van der Waals surface area contributed by atoms with Crippen molar-refractivity contribution in [2.24, 2.45) is 0 Å². The van der Waals surface area contributed by atoms with Gasteiger partial charge in [0.25, 0.3) is 5.56 Å². The van der Waals surface area contributed by atoms with E-state index in [1.807, 2.05) is 49.4 Å². The standard InChI is InChI=1S/C21H18N2O2S/c1-3-6-17-22-20-18(19(24)15-7-4-5-8-16(15)26-20)21(25)23(17)14-11-9-13(2)10-12-14/h4-5,7-12H,3,6H2,1-2H3. The third kappa shape index (κ3) is 2.65. The van der Waals surface area contributed by atoms with E-state index in [0.717, 1.165) is 22.4 Å². The highest BCUT2D eigenvalue weighted by atomic mass is 32.1. The molecule has 0 amide bonds. The van der Waals surface area contributed by atoms with Crippen molar-refractivity contribution in [3.63, 3.8) is 0 Å². The third-order valence-corrected chi connectivity index (χ3v) is 5.52. The quantitative estimate of drug-likeness (QED) is 0.513. The third-order valence-electron chi connectivity index (χ3n) is 4.45. The van der Waals surface area contributed by atoms with Crippen molar-refractivity contribution in [3.05, 3.63) is 80.5 Å². The van der Waals surface area contributed by atoms with Crippen LogP contribution in [0.2, 0.25) is 0 Å². The average Bonchev–Trinajstić information content (AvgIpc) is 2.63. The van der Waals surface area contributed by atoms with E-state index in [-0.39, 0.29) is 16.4 Å². The molecule has 0 unspecified atom stereocenters. The van der Waals surface area contributed by atoms with Crippen LogP contribution < -0.4 is 11.0 Å². The average molecular weight is 362 g/mol. The van der Waals surface area contributed by atoms with Crippen LogP contribution in [0.1, 0.15) is 24.7 Å². The molecule has 0 saturated carbocycles. The van der Waals surface area contributed by atoms with Gasteiger partial charge in [-0.2, -0.15) is 0 Å². The number of aryl methyl sites for hydroxylation is 2. The van der Waals surface area contributed by atoms with Crippen LogP contribution >= 0.6 is 11.3 Å². The summed E-state index contributed by atoms with van der Waals surface area (Å²) in [4.78, 5) is 31.5. The molecule has 130 valence electrons. The van der Waals surface area contributed by atoms with Gasteiger partial charge in [-0.1, -0.05) is 36.8 Å². The van der Waals surface area contributed by atoms with Crippen molar-refractivity contribution in [1.29, 1.82) is 0 Å². The molecule has 0 N–H and O–H groups in total. The molecule has 4 nitrogen and oxygen atoms in total. The van der Waals surface area contributed by atoms with Crippen molar-refractivity contribution in [3.8, 4) is 5.69 Å². The predicted molar refractivity (Wildman–Crippen MR) is 108 cm³/mol. The fourth-order valence-electron chi connectivity index (χ4n) is 3.15. The molecule has 26 heavy (non-hydrogen) atoms. The van der Waals surface area contributed by atoms with Gasteiger partial charge < -0.3 is 0 Å². The summed E-state index contributed by atoms with van der Waals surface area (Å²) in [6, 6.07) is 15.1. The van der Waals surface area contributed by atoms with E-state index in [0.29, 0.717) is 22.5 Å². The summed E-state index contributed by atoms with van der Waals surface area (Å²) < 4.78 is 2.45. The zero-order chi connectivity index (χ0) is 18.3. The molecule has 0 saturated heterocycles. The summed E-state index contributed by atoms with van der Waals surface area (Å²) in [7, 11) is 0. The minimum atomic E-state index is -0.283. The lowest BCUT2D eigenvalue weighted by molar-refractivity contribution is 0.775. The van der Waals surface area contributed by atoms with Gasteiger partial charge in [-0.05, 0) is 37.6 Å². The molecule has 0 spiro atoms. The first-order valence-electron chi connectivity index (χ1n) is 8.64. The zero-order valence-electron chi connectivity index (χ0n) is 14.7. The van der Waals surface area contributed by atoms with Gasteiger partial charge in [0.05, 0.1) is 5.69 Å². The Morgan fingerprint density at radius 1 is 1.04 bits per heavy atom. The maximum Gasteiger partial charge on any atom is 0.270 e. The first kappa shape index (κ1) is 16.7. The zero-order valence-corrected chi connectivity index (χ0v) is 15.5. The van der Waals surface area contributed by atoms with E-state index in [9.17, 15) is 9.59 Å². The van der Waals surface area contributed by atoms with Crippen LogP contribution in [0.3, 0.4) is 0 Å². The van der Waals surface area contributed by atoms with Crippen LogP contribution in [0.15, 0.2) is 58.1 Å². The molecule has 2 aromatic heterocycles. The van der Waals surface area contributed by atoms with E-state index in [1.165, 1.54) is 11.3 Å². The number of fused-ring (bicyclic) bond motifs is 2. The van der Waals surface area contributed by atoms with Crippen LogP contribution in [0.25, 0.3) is 26.0 Å². The van der Waals surface area contributed by atoms with Crippen LogP contribution in [0.5, 0.6) is 0 Å². The molecule has 2 aromatic carbocycles. The lowest BCUT2D eigenvalue weighted by Crippen LogP contribution is -2.27. The number of aromatic nitrogens is 2. The van der Waals surface area contributed by atoms with Crippen molar-refractivity contribution in [1.82, 2.24) is 9.55 Å². The van der Waals surface area contributed by atoms with Gasteiger partial charge in [-0.3, -0.25) is 14.2 Å². The Kier molecular flexibility index (Phi) is 4.17. The fraction of sp³-hybridized carbons (Fsp3) is 0.190. The maximum absolute atomic E-state index is 13.3. The normalized spacial score (nSPS) is 11.3. The lowest BCUT2D eigenvalue weighted by atomic mass is 10.2. The molecule has 4 rings (SSSR count). The Bertz CT molecular complexity index is 1240. The van der Waals surface area contributed by atoms with E-state index in [2.05, 4.69) is 6.92 Å². The van der Waals surface area contributed by atoms with E-state index in [4.69, 9.17) is 4.98 Å². The molecule has 2 heterocycles. The van der Waals surface area contributed by atoms with E-state index < -0.39 is 0 Å². The van der Waals surface area contributed by atoms with Crippen molar-refractivity contribution >= 4 is 31.6 Å². The second-order valence-corrected chi connectivity index (χ2v) is 7.39. The Hall–Kier alpha value is -2.79. The fourth-order valence-corrected chi connectivity index (χ4v) is 4.20. The summed E-state index contributed by atoms with van der Waals surface area (Å²) in [6.07, 6.45) is 1.54. The Morgan fingerprint density at radius 2 is 1.77 bits per heavy atom. The van der Waals surface area contributed by atoms with Gasteiger partial charge in [0.15, 0.2) is 0 Å². The van der Waals surface area contributed by atoms with Crippen LogP contribution in [-0.4, -0.2) is 9.55 Å². The first-order chi connectivity index (χ1) is 12.6. The smallest absolute Gasteiger partial charge is 0.270 e. The minimum absolute atomic E-state index is 0.175. The molecule has 0 aliphatic rings. The predicted octanol–water partition coefficient (Wildman–Crippen LogP) is 4.22. The molecule has 0 atom stereocenters. The van der Waals surface area contributed by atoms with Crippen LogP contribution in [0, 0.1) is 6.92 Å². The molecular weight excluding hydrogens is 344 g/mol. The summed E-state index contributed by atoms with van der Waals surface area (Å²) in [5, 5.41) is 0.747. The van der Waals surface area contributed by atoms with Gasteiger partial charge in [-0.25, -0.2) is 4.98 Å². The second-order valence-electron chi connectivity index (χ2n) is 6.36. The number of hydrogen-bond acceptors (Lipinski definition) is 4. The molecule has 0 bridgehead atoms. The summed E-state index contributed by atoms with van der Waals surface area (Å²) in [5.74, 6) is 0.694. The number of nitrogens with zero attached hydrogens (tertiary/aromatic N) is 2. The van der Waals surface area contributed by atoms with Gasteiger partial charge in [0.2, 0.25) is 5.43 Å². The van der Waals surface area contributed by atoms with E-state index >= 15 is 0 Å². The summed E-state index contributed by atoms with van der Waals surface area (Å²) in [6.45, 7) is 4.06. The Labute approximate surface area is 154 Å². The van der Waals surface area contributed by atoms with Crippen LogP contribution in [-0.2, 0) is 6.42 Å². The molecule has 0 aliphatic carbocycles. The molecule has 0 aliphatic heterocycles. The Balaban J connectivity index is 2.15. The molecule has 0 fully saturated rings. The highest BCUT2D eigenvalue weighted by Gasteiger charge is 2.17. The number of rotatable bonds is 3. The minimum Gasteiger partial charge on any atom is -0.288 e. The van der Waals surface area contributed by atoms with Crippen LogP contribution in [0.4, 0.5) is 0 Å². The van der Waals surface area contributed by atoms with Gasteiger partial charge in [-0.15, -0.1) is 11.3 Å². The SMILES string of the molecule is CCCc1nc2sc3ccccc3c(=O)c2c(=O)n1-c1ccc(C)cc1. The van der Waals surface area contributed by atoms with Crippen molar-refractivity contribution < 1.29 is 0 Å². The van der Waals surface area contributed by atoms with Crippen molar-refractivity contribution in [2.75, 3.05) is 0 Å². The highest BCUT2D eigenvalue weighted by Crippen LogP contribution is 2.23. The van der Waals surface area contributed by atoms with Crippen molar-refractivity contribution in [2.45, 2.75) is 26.7 Å². The monoisotopic (exact) mass is 362 g/mol. The summed E-state index contributed by atoms with van der Waals surface area (Å²) >= 11 is 1.40. The molecule has 4 aromatic rings. The topological polar surface area (TPSA) is 52.0 Å². The Morgan fingerprint density at radius 3 is 2.50 bits per heavy atom. The second kappa shape index (κ2) is 6.50. The van der Waals surface area contributed by atoms with E-state index in [1.54, 1.807) is 10.6 Å². The lowest BCUT2D eigenvalue weighted by Gasteiger charge is -2.13. The first-order valence-corrected chi connectivity index (χ1v) is 9.46. The van der Waals surface area contributed by atoms with Gasteiger partial charge >= 0.3 is 0 Å². The molecular formula is C21H18N2O2S. The molecule has 5 heteroatoms. The molecule has 0 radical (unpaired) electrons.